The van der Waals surface area contributed by atoms with Crippen LogP contribution in [0.4, 0.5) is 0 Å². The molecule has 2 N–H and O–H groups in total. The van der Waals surface area contributed by atoms with E-state index in [4.69, 9.17) is 4.52 Å². The third kappa shape index (κ3) is 3.36. The molecule has 1 aromatic heterocycles. The van der Waals surface area contributed by atoms with Gasteiger partial charge in [0.15, 0.2) is 5.69 Å². The highest BCUT2D eigenvalue weighted by molar-refractivity contribution is 5.92. The molecule has 15 heavy (non-hydrogen) atoms. The number of hydrogen-bond donors (Lipinski definition) is 2. The molecule has 0 radical (unpaired) electrons. The molecule has 0 aromatic carbocycles. The molecule has 0 bridgehead atoms. The SMILES string of the molecule is Cc1cc(C(=O)NCC(O)C(C)C)no1. The summed E-state index contributed by atoms with van der Waals surface area (Å²) in [5, 5.41) is 15.6. The first kappa shape index (κ1) is 11.7. The molecule has 0 aliphatic rings. The van der Waals surface area contributed by atoms with Gasteiger partial charge in [-0.15, -0.1) is 0 Å². The zero-order valence-corrected chi connectivity index (χ0v) is 9.15. The van der Waals surface area contributed by atoms with Gasteiger partial charge in [-0.3, -0.25) is 4.79 Å². The molecule has 1 rings (SSSR count). The average molecular weight is 212 g/mol. The molecule has 1 unspecified atom stereocenters. The molecule has 0 aliphatic carbocycles. The molecule has 5 heteroatoms. The number of amides is 1. The zero-order valence-electron chi connectivity index (χ0n) is 9.15. The van der Waals surface area contributed by atoms with Crippen molar-refractivity contribution < 1.29 is 14.4 Å². The second kappa shape index (κ2) is 4.93. The van der Waals surface area contributed by atoms with Crippen molar-refractivity contribution in [2.45, 2.75) is 26.9 Å². The first-order chi connectivity index (χ1) is 7.00. The maximum Gasteiger partial charge on any atom is 0.273 e. The van der Waals surface area contributed by atoms with E-state index in [1.165, 1.54) is 0 Å². The summed E-state index contributed by atoms with van der Waals surface area (Å²) in [5.41, 5.74) is 0.239. The Bertz CT molecular complexity index is 333. The highest BCUT2D eigenvalue weighted by Crippen LogP contribution is 2.02. The molecule has 84 valence electrons. The first-order valence-corrected chi connectivity index (χ1v) is 4.90. The second-order valence-corrected chi connectivity index (χ2v) is 3.84. The first-order valence-electron chi connectivity index (χ1n) is 4.90. The van der Waals surface area contributed by atoms with E-state index in [-0.39, 0.29) is 24.1 Å². The molecule has 1 heterocycles. The van der Waals surface area contributed by atoms with Crippen LogP contribution in [0.1, 0.15) is 30.1 Å². The molecule has 1 aromatic rings. The van der Waals surface area contributed by atoms with Crippen LogP contribution in [0.2, 0.25) is 0 Å². The molecule has 0 fully saturated rings. The summed E-state index contributed by atoms with van der Waals surface area (Å²) >= 11 is 0. The molecule has 1 atom stereocenters. The number of hydrogen-bond acceptors (Lipinski definition) is 4. The fourth-order valence-electron chi connectivity index (χ4n) is 0.997. The number of carbonyl (C=O) groups is 1. The minimum atomic E-state index is -0.540. The third-order valence-electron chi connectivity index (χ3n) is 2.10. The topological polar surface area (TPSA) is 75.4 Å². The third-order valence-corrected chi connectivity index (χ3v) is 2.10. The molecule has 1 amide bonds. The second-order valence-electron chi connectivity index (χ2n) is 3.84. The number of aromatic nitrogens is 1. The maximum absolute atomic E-state index is 11.4. The van der Waals surface area contributed by atoms with Gasteiger partial charge in [0.05, 0.1) is 6.10 Å². The number of aryl methyl sites for hydroxylation is 1. The van der Waals surface area contributed by atoms with Crippen molar-refractivity contribution in [3.8, 4) is 0 Å². The summed E-state index contributed by atoms with van der Waals surface area (Å²) in [6.45, 7) is 5.71. The number of nitrogens with zero attached hydrogens (tertiary/aromatic N) is 1. The van der Waals surface area contributed by atoms with Crippen LogP contribution < -0.4 is 5.32 Å². The van der Waals surface area contributed by atoms with Crippen LogP contribution in [0.3, 0.4) is 0 Å². The summed E-state index contributed by atoms with van der Waals surface area (Å²) in [6, 6.07) is 1.55. The number of aliphatic hydroxyl groups is 1. The van der Waals surface area contributed by atoms with Crippen LogP contribution in [0.15, 0.2) is 10.6 Å². The summed E-state index contributed by atoms with van der Waals surface area (Å²) in [5.74, 6) is 0.375. The standard InChI is InChI=1S/C10H16N2O3/c1-6(2)9(13)5-11-10(14)8-4-7(3)15-12-8/h4,6,9,13H,5H2,1-3H3,(H,11,14). The summed E-state index contributed by atoms with van der Waals surface area (Å²) in [6.07, 6.45) is -0.540. The van der Waals surface area contributed by atoms with E-state index in [1.54, 1.807) is 13.0 Å². The fraction of sp³-hybridized carbons (Fsp3) is 0.600. The van der Waals surface area contributed by atoms with Gasteiger partial charge in [-0.2, -0.15) is 0 Å². The van der Waals surface area contributed by atoms with Gasteiger partial charge in [-0.25, -0.2) is 0 Å². The van der Waals surface area contributed by atoms with Gasteiger partial charge < -0.3 is 14.9 Å². The Hall–Kier alpha value is -1.36. The van der Waals surface area contributed by atoms with Crippen molar-refractivity contribution >= 4 is 5.91 Å². The van der Waals surface area contributed by atoms with Crippen LogP contribution in [-0.2, 0) is 0 Å². The zero-order chi connectivity index (χ0) is 11.4. The van der Waals surface area contributed by atoms with Crippen molar-refractivity contribution in [3.05, 3.63) is 17.5 Å². The maximum atomic E-state index is 11.4. The summed E-state index contributed by atoms with van der Waals surface area (Å²) in [4.78, 5) is 11.4. The van der Waals surface area contributed by atoms with Crippen LogP contribution in [0, 0.1) is 12.8 Å². The Morgan fingerprint density at radius 3 is 2.80 bits per heavy atom. The number of carbonyl (C=O) groups excluding carboxylic acids is 1. The Morgan fingerprint density at radius 2 is 2.33 bits per heavy atom. The molecular formula is C10H16N2O3. The Labute approximate surface area is 88.5 Å². The van der Waals surface area contributed by atoms with Gasteiger partial charge in [-0.05, 0) is 12.8 Å². The quantitative estimate of drug-likeness (QED) is 0.771. The highest BCUT2D eigenvalue weighted by atomic mass is 16.5. The average Bonchev–Trinajstić information content (AvgIpc) is 2.60. The van der Waals surface area contributed by atoms with Crippen molar-refractivity contribution in [2.24, 2.45) is 5.92 Å². The van der Waals surface area contributed by atoms with Crippen LogP contribution >= 0.6 is 0 Å². The lowest BCUT2D eigenvalue weighted by atomic mass is 10.1. The predicted molar refractivity (Wildman–Crippen MR) is 54.4 cm³/mol. The minimum absolute atomic E-state index is 0.115. The predicted octanol–water partition coefficient (Wildman–Crippen LogP) is 0.730. The molecule has 0 saturated heterocycles. The lowest BCUT2D eigenvalue weighted by Gasteiger charge is -2.14. The van der Waals surface area contributed by atoms with Crippen molar-refractivity contribution in [1.29, 1.82) is 0 Å². The van der Waals surface area contributed by atoms with E-state index in [9.17, 15) is 9.90 Å². The summed E-state index contributed by atoms with van der Waals surface area (Å²) < 4.78 is 4.77. The molecular weight excluding hydrogens is 196 g/mol. The van der Waals surface area contributed by atoms with Crippen molar-refractivity contribution in [3.63, 3.8) is 0 Å². The minimum Gasteiger partial charge on any atom is -0.391 e. The van der Waals surface area contributed by atoms with Gasteiger partial charge in [0.2, 0.25) is 0 Å². The van der Waals surface area contributed by atoms with Gasteiger partial charge in [0, 0.05) is 12.6 Å². The van der Waals surface area contributed by atoms with Gasteiger partial charge >= 0.3 is 0 Å². The Kier molecular flexibility index (Phi) is 3.85. The van der Waals surface area contributed by atoms with E-state index in [2.05, 4.69) is 10.5 Å². The largest absolute Gasteiger partial charge is 0.391 e. The number of aliphatic hydroxyl groups excluding tert-OH is 1. The van der Waals surface area contributed by atoms with Gasteiger partial charge in [-0.1, -0.05) is 19.0 Å². The molecule has 0 spiro atoms. The van der Waals surface area contributed by atoms with Gasteiger partial charge in [0.25, 0.3) is 5.91 Å². The van der Waals surface area contributed by atoms with E-state index in [0.29, 0.717) is 5.76 Å². The molecule has 5 nitrogen and oxygen atoms in total. The van der Waals surface area contributed by atoms with Crippen LogP contribution in [0.5, 0.6) is 0 Å². The molecule has 0 saturated carbocycles. The van der Waals surface area contributed by atoms with Gasteiger partial charge in [0.1, 0.15) is 5.76 Å². The normalized spacial score (nSPS) is 12.9. The summed E-state index contributed by atoms with van der Waals surface area (Å²) in [7, 11) is 0. The van der Waals surface area contributed by atoms with E-state index in [1.807, 2.05) is 13.8 Å². The van der Waals surface area contributed by atoms with E-state index >= 15 is 0 Å². The van der Waals surface area contributed by atoms with Crippen molar-refractivity contribution in [2.75, 3.05) is 6.54 Å². The molecule has 0 aliphatic heterocycles. The van der Waals surface area contributed by atoms with E-state index in [0.717, 1.165) is 0 Å². The highest BCUT2D eigenvalue weighted by Gasteiger charge is 2.14. The number of rotatable bonds is 4. The lowest BCUT2D eigenvalue weighted by Crippen LogP contribution is -2.34. The monoisotopic (exact) mass is 212 g/mol. The Morgan fingerprint density at radius 1 is 1.67 bits per heavy atom. The van der Waals surface area contributed by atoms with Crippen LogP contribution in [-0.4, -0.2) is 28.8 Å². The van der Waals surface area contributed by atoms with Crippen molar-refractivity contribution in [1.82, 2.24) is 10.5 Å². The van der Waals surface area contributed by atoms with Crippen LogP contribution in [0.25, 0.3) is 0 Å². The van der Waals surface area contributed by atoms with E-state index < -0.39 is 6.10 Å². The smallest absolute Gasteiger partial charge is 0.273 e. The fourth-order valence-corrected chi connectivity index (χ4v) is 0.997. The lowest BCUT2D eigenvalue weighted by molar-refractivity contribution is 0.0863. The number of nitrogens with one attached hydrogen (secondary N) is 1. The Balaban J connectivity index is 2.43.